The van der Waals surface area contributed by atoms with Crippen LogP contribution in [0.25, 0.3) is 0 Å². The van der Waals surface area contributed by atoms with Gasteiger partial charge in [-0.25, -0.2) is 0 Å². The van der Waals surface area contributed by atoms with Crippen molar-refractivity contribution in [1.29, 1.82) is 0 Å². The van der Waals surface area contributed by atoms with Gasteiger partial charge in [-0.2, -0.15) is 0 Å². The lowest BCUT2D eigenvalue weighted by atomic mass is 10.1. The fraction of sp³-hybridized carbons (Fsp3) is 0.500. The van der Waals surface area contributed by atoms with Gasteiger partial charge >= 0.3 is 0 Å². The van der Waals surface area contributed by atoms with Crippen molar-refractivity contribution >= 4 is 22.6 Å². The number of anilines is 1. The average molecular weight is 248 g/mol. The summed E-state index contributed by atoms with van der Waals surface area (Å²) >= 11 is 1.88. The molecule has 1 aromatic carbocycles. The summed E-state index contributed by atoms with van der Waals surface area (Å²) in [5.41, 5.74) is 4.00. The molecular formula is C14H20N2S. The first kappa shape index (κ1) is 12.5. The summed E-state index contributed by atoms with van der Waals surface area (Å²) in [6.45, 7) is 8.52. The molecule has 0 saturated carbocycles. The summed E-state index contributed by atoms with van der Waals surface area (Å²) in [4.78, 5) is 7.02. The second-order valence-corrected chi connectivity index (χ2v) is 5.41. The predicted octanol–water partition coefficient (Wildman–Crippen LogP) is 3.62. The Morgan fingerprint density at radius 1 is 1.29 bits per heavy atom. The van der Waals surface area contributed by atoms with Crippen molar-refractivity contribution in [3.63, 3.8) is 0 Å². The Balaban J connectivity index is 2.38. The Kier molecular flexibility index (Phi) is 4.11. The standard InChI is InChI=1S/C14H20N2S/c1-4-16(14-15-9-6-10-17-14)13-11(2)7-5-8-12(13)3/h5,7-8H,4,6,9-10H2,1-3H3. The second kappa shape index (κ2) is 5.58. The number of thioether (sulfide) groups is 1. The summed E-state index contributed by atoms with van der Waals surface area (Å²) < 4.78 is 0. The summed E-state index contributed by atoms with van der Waals surface area (Å²) in [6.07, 6.45) is 1.21. The lowest BCUT2D eigenvalue weighted by molar-refractivity contribution is 0.922. The molecule has 1 aliphatic heterocycles. The quantitative estimate of drug-likeness (QED) is 0.794. The lowest BCUT2D eigenvalue weighted by Crippen LogP contribution is -2.31. The van der Waals surface area contributed by atoms with E-state index in [1.807, 2.05) is 11.8 Å². The van der Waals surface area contributed by atoms with Crippen LogP contribution in [-0.2, 0) is 0 Å². The van der Waals surface area contributed by atoms with Gasteiger partial charge in [0.05, 0.1) is 0 Å². The van der Waals surface area contributed by atoms with Gasteiger partial charge in [0, 0.05) is 24.5 Å². The summed E-state index contributed by atoms with van der Waals surface area (Å²) in [6, 6.07) is 6.48. The molecule has 0 radical (unpaired) electrons. The van der Waals surface area contributed by atoms with E-state index in [1.165, 1.54) is 34.2 Å². The smallest absolute Gasteiger partial charge is 0.163 e. The maximum atomic E-state index is 4.66. The molecule has 92 valence electrons. The van der Waals surface area contributed by atoms with Crippen LogP contribution in [-0.4, -0.2) is 24.0 Å². The Labute approximate surface area is 108 Å². The van der Waals surface area contributed by atoms with Crippen molar-refractivity contribution in [2.24, 2.45) is 4.99 Å². The predicted molar refractivity (Wildman–Crippen MR) is 78.3 cm³/mol. The van der Waals surface area contributed by atoms with E-state index in [9.17, 15) is 0 Å². The molecule has 0 bridgehead atoms. The van der Waals surface area contributed by atoms with Crippen LogP contribution in [0.5, 0.6) is 0 Å². The monoisotopic (exact) mass is 248 g/mol. The number of aliphatic imine (C=N–C) groups is 1. The maximum absolute atomic E-state index is 4.66. The van der Waals surface area contributed by atoms with Gasteiger partial charge in [-0.1, -0.05) is 30.0 Å². The summed E-state index contributed by atoms with van der Waals surface area (Å²) in [5.74, 6) is 1.19. The third kappa shape index (κ3) is 2.65. The Hall–Kier alpha value is -0.960. The van der Waals surface area contributed by atoms with E-state index in [0.717, 1.165) is 13.1 Å². The van der Waals surface area contributed by atoms with E-state index >= 15 is 0 Å². The molecule has 1 aromatic rings. The number of nitrogens with zero attached hydrogens (tertiary/aromatic N) is 2. The molecule has 0 aliphatic carbocycles. The molecule has 0 atom stereocenters. The zero-order valence-electron chi connectivity index (χ0n) is 10.9. The van der Waals surface area contributed by atoms with Crippen LogP contribution < -0.4 is 4.90 Å². The van der Waals surface area contributed by atoms with E-state index in [1.54, 1.807) is 0 Å². The molecular weight excluding hydrogens is 228 g/mol. The van der Waals surface area contributed by atoms with Gasteiger partial charge in [0.1, 0.15) is 0 Å². The zero-order chi connectivity index (χ0) is 12.3. The highest BCUT2D eigenvalue weighted by atomic mass is 32.2. The van der Waals surface area contributed by atoms with Gasteiger partial charge in [-0.05, 0) is 38.3 Å². The van der Waals surface area contributed by atoms with Crippen molar-refractivity contribution in [2.75, 3.05) is 23.7 Å². The first-order valence-corrected chi connectivity index (χ1v) is 7.23. The lowest BCUT2D eigenvalue weighted by Gasteiger charge is -2.29. The van der Waals surface area contributed by atoms with Crippen molar-refractivity contribution in [2.45, 2.75) is 27.2 Å². The van der Waals surface area contributed by atoms with Gasteiger partial charge in [-0.3, -0.25) is 4.99 Å². The fourth-order valence-electron chi connectivity index (χ4n) is 2.23. The molecule has 0 N–H and O–H groups in total. The van der Waals surface area contributed by atoms with Crippen LogP contribution in [0, 0.1) is 13.8 Å². The third-order valence-corrected chi connectivity index (χ3v) is 4.14. The summed E-state index contributed by atoms with van der Waals surface area (Å²) in [7, 11) is 0. The topological polar surface area (TPSA) is 15.6 Å². The van der Waals surface area contributed by atoms with Crippen LogP contribution in [0.4, 0.5) is 5.69 Å². The number of rotatable bonds is 2. The van der Waals surface area contributed by atoms with Crippen molar-refractivity contribution in [3.8, 4) is 0 Å². The molecule has 0 aromatic heterocycles. The minimum Gasteiger partial charge on any atom is -0.321 e. The van der Waals surface area contributed by atoms with E-state index in [0.29, 0.717) is 0 Å². The third-order valence-electron chi connectivity index (χ3n) is 3.04. The molecule has 0 fully saturated rings. The molecule has 1 heterocycles. The van der Waals surface area contributed by atoms with Crippen molar-refractivity contribution in [1.82, 2.24) is 0 Å². The zero-order valence-corrected chi connectivity index (χ0v) is 11.7. The van der Waals surface area contributed by atoms with Crippen LogP contribution in [0.2, 0.25) is 0 Å². The van der Waals surface area contributed by atoms with E-state index < -0.39 is 0 Å². The number of amidine groups is 1. The van der Waals surface area contributed by atoms with E-state index in [2.05, 4.69) is 48.9 Å². The largest absolute Gasteiger partial charge is 0.321 e. The molecule has 3 heteroatoms. The maximum Gasteiger partial charge on any atom is 0.163 e. The van der Waals surface area contributed by atoms with Gasteiger partial charge < -0.3 is 4.90 Å². The highest BCUT2D eigenvalue weighted by Crippen LogP contribution is 2.28. The Bertz CT molecular complexity index is 406. The van der Waals surface area contributed by atoms with Gasteiger partial charge in [-0.15, -0.1) is 0 Å². The van der Waals surface area contributed by atoms with Crippen LogP contribution in [0.15, 0.2) is 23.2 Å². The highest BCUT2D eigenvalue weighted by Gasteiger charge is 2.17. The number of hydrogen-bond donors (Lipinski definition) is 0. The number of hydrogen-bond acceptors (Lipinski definition) is 3. The number of aryl methyl sites for hydroxylation is 2. The van der Waals surface area contributed by atoms with Crippen LogP contribution >= 0.6 is 11.8 Å². The van der Waals surface area contributed by atoms with Crippen LogP contribution in [0.3, 0.4) is 0 Å². The Morgan fingerprint density at radius 3 is 2.53 bits per heavy atom. The molecule has 2 rings (SSSR count). The molecule has 17 heavy (non-hydrogen) atoms. The number of para-hydroxylation sites is 1. The molecule has 0 spiro atoms. The number of benzene rings is 1. The van der Waals surface area contributed by atoms with Gasteiger partial charge in [0.25, 0.3) is 0 Å². The SMILES string of the molecule is CCN(C1=NCCCS1)c1c(C)cccc1C. The average Bonchev–Trinajstić information content (AvgIpc) is 2.35. The second-order valence-electron chi connectivity index (χ2n) is 4.35. The van der Waals surface area contributed by atoms with Gasteiger partial charge in [0.15, 0.2) is 5.17 Å². The molecule has 0 saturated heterocycles. The van der Waals surface area contributed by atoms with Crippen molar-refractivity contribution in [3.05, 3.63) is 29.3 Å². The summed E-state index contributed by atoms with van der Waals surface area (Å²) in [5, 5.41) is 1.19. The van der Waals surface area contributed by atoms with E-state index in [4.69, 9.17) is 0 Å². The minimum atomic E-state index is 0.976. The molecule has 1 aliphatic rings. The van der Waals surface area contributed by atoms with Crippen LogP contribution in [0.1, 0.15) is 24.5 Å². The molecule has 0 unspecified atom stereocenters. The minimum absolute atomic E-state index is 0.976. The first-order chi connectivity index (χ1) is 8.24. The first-order valence-electron chi connectivity index (χ1n) is 6.25. The van der Waals surface area contributed by atoms with Gasteiger partial charge in [0.2, 0.25) is 0 Å². The normalized spacial score (nSPS) is 15.6. The fourth-order valence-corrected chi connectivity index (χ4v) is 3.25. The van der Waals surface area contributed by atoms with Crippen molar-refractivity contribution < 1.29 is 0 Å². The highest BCUT2D eigenvalue weighted by molar-refractivity contribution is 8.14. The van der Waals surface area contributed by atoms with E-state index in [-0.39, 0.29) is 0 Å². The molecule has 2 nitrogen and oxygen atoms in total. The molecule has 0 amide bonds. The Morgan fingerprint density at radius 2 is 2.00 bits per heavy atom.